The van der Waals surface area contributed by atoms with E-state index in [1.807, 2.05) is 12.1 Å². The molecule has 3 heteroatoms. The molecule has 1 aliphatic heterocycles. The fraction of sp³-hybridized carbons (Fsp3) is 0.222. The van der Waals surface area contributed by atoms with Gasteiger partial charge >= 0.3 is 0 Å². The van der Waals surface area contributed by atoms with E-state index in [2.05, 4.69) is 39.7 Å². The molecule has 0 saturated heterocycles. The van der Waals surface area contributed by atoms with Crippen LogP contribution in [0.3, 0.4) is 0 Å². The van der Waals surface area contributed by atoms with Crippen LogP contribution in [0.2, 0.25) is 0 Å². The maximum absolute atomic E-state index is 5.33. The molecule has 1 heterocycles. The molecule has 0 amide bonds. The minimum absolute atomic E-state index is 0.724. The zero-order valence-electron chi connectivity index (χ0n) is 6.46. The van der Waals surface area contributed by atoms with Crippen molar-refractivity contribution in [3.8, 4) is 0 Å². The average Bonchev–Trinajstić information content (AvgIpc) is 2.58. The molecule has 2 nitrogen and oxygen atoms in total. The van der Waals surface area contributed by atoms with Gasteiger partial charge < -0.3 is 4.74 Å². The number of hydrogen-bond acceptors (Lipinski definition) is 2. The van der Waals surface area contributed by atoms with E-state index >= 15 is 0 Å². The highest BCUT2D eigenvalue weighted by atomic mass is 127. The minimum atomic E-state index is 0.724. The molecular weight excluding hydrogens is 265 g/mol. The van der Waals surface area contributed by atoms with Crippen molar-refractivity contribution in [2.45, 2.75) is 0 Å². The second-order valence-electron chi connectivity index (χ2n) is 2.54. The van der Waals surface area contributed by atoms with Gasteiger partial charge in [0.25, 0.3) is 0 Å². The molecule has 2 rings (SSSR count). The summed E-state index contributed by atoms with van der Waals surface area (Å²) in [5.74, 6) is 0.784. The maximum atomic E-state index is 5.33. The molecule has 1 aromatic rings. The Morgan fingerprint density at radius 2 is 2.00 bits per heavy atom. The lowest BCUT2D eigenvalue weighted by Crippen LogP contribution is -2.00. The van der Waals surface area contributed by atoms with E-state index in [0.717, 1.165) is 24.6 Å². The van der Waals surface area contributed by atoms with E-state index in [0.29, 0.717) is 0 Å². The normalized spacial score (nSPS) is 15.6. The molecule has 0 atom stereocenters. The average molecular weight is 273 g/mol. The molecule has 0 fully saturated rings. The first-order valence-electron chi connectivity index (χ1n) is 3.79. The summed E-state index contributed by atoms with van der Waals surface area (Å²) in [5, 5.41) is 0. The molecule has 0 aliphatic carbocycles. The van der Waals surface area contributed by atoms with Gasteiger partial charge in [0.1, 0.15) is 6.61 Å². The van der Waals surface area contributed by atoms with Crippen LogP contribution in [0.4, 0.5) is 0 Å². The van der Waals surface area contributed by atoms with Gasteiger partial charge in [0.15, 0.2) is 0 Å². The number of nitrogens with zero attached hydrogens (tertiary/aromatic N) is 1. The van der Waals surface area contributed by atoms with Crippen molar-refractivity contribution >= 4 is 28.5 Å². The van der Waals surface area contributed by atoms with Gasteiger partial charge in [-0.25, -0.2) is 4.99 Å². The van der Waals surface area contributed by atoms with Crippen molar-refractivity contribution in [1.29, 1.82) is 0 Å². The Balaban J connectivity index is 2.28. The number of rotatable bonds is 1. The highest BCUT2D eigenvalue weighted by molar-refractivity contribution is 14.1. The van der Waals surface area contributed by atoms with Crippen LogP contribution in [0.1, 0.15) is 5.56 Å². The molecule has 0 spiro atoms. The van der Waals surface area contributed by atoms with Gasteiger partial charge in [0, 0.05) is 9.13 Å². The first-order chi connectivity index (χ1) is 5.86. The second kappa shape index (κ2) is 3.43. The van der Waals surface area contributed by atoms with Crippen molar-refractivity contribution in [3.63, 3.8) is 0 Å². The van der Waals surface area contributed by atoms with Crippen LogP contribution in [0, 0.1) is 3.57 Å². The third-order valence-corrected chi connectivity index (χ3v) is 2.40. The largest absolute Gasteiger partial charge is 0.476 e. The van der Waals surface area contributed by atoms with E-state index in [1.54, 1.807) is 0 Å². The zero-order valence-corrected chi connectivity index (χ0v) is 8.61. The van der Waals surface area contributed by atoms with Gasteiger partial charge in [-0.2, -0.15) is 0 Å². The Bertz CT molecular complexity index is 305. The number of benzene rings is 1. The van der Waals surface area contributed by atoms with Gasteiger partial charge in [0.05, 0.1) is 6.54 Å². The molecule has 0 N–H and O–H groups in total. The standard InChI is InChI=1S/C9H8INO/c10-8-3-1-7(2-4-8)9-11-5-6-12-9/h1-4H,5-6H2. The molecule has 1 aliphatic rings. The quantitative estimate of drug-likeness (QED) is 0.718. The first kappa shape index (κ1) is 8.04. The molecule has 62 valence electrons. The van der Waals surface area contributed by atoms with E-state index in [4.69, 9.17) is 4.74 Å². The third-order valence-electron chi connectivity index (χ3n) is 1.68. The Hall–Kier alpha value is -0.580. The summed E-state index contributed by atoms with van der Waals surface area (Å²) in [6.07, 6.45) is 0. The number of hydrogen-bond donors (Lipinski definition) is 0. The van der Waals surface area contributed by atoms with Crippen LogP contribution in [-0.4, -0.2) is 19.0 Å². The highest BCUT2D eigenvalue weighted by Crippen LogP contribution is 2.10. The Kier molecular flexibility index (Phi) is 2.30. The van der Waals surface area contributed by atoms with Gasteiger partial charge in [-0.15, -0.1) is 0 Å². The van der Waals surface area contributed by atoms with Crippen molar-refractivity contribution in [1.82, 2.24) is 0 Å². The predicted octanol–water partition coefficient (Wildman–Crippen LogP) is 2.07. The lowest BCUT2D eigenvalue weighted by atomic mass is 10.2. The van der Waals surface area contributed by atoms with E-state index in [-0.39, 0.29) is 0 Å². The molecule has 0 unspecified atom stereocenters. The van der Waals surface area contributed by atoms with Crippen LogP contribution in [-0.2, 0) is 4.74 Å². The van der Waals surface area contributed by atoms with Crippen molar-refractivity contribution in [2.75, 3.05) is 13.2 Å². The molecule has 0 aromatic heterocycles. The Morgan fingerprint density at radius 3 is 2.58 bits per heavy atom. The molecule has 12 heavy (non-hydrogen) atoms. The number of halogens is 1. The van der Waals surface area contributed by atoms with E-state index < -0.39 is 0 Å². The maximum Gasteiger partial charge on any atom is 0.216 e. The number of aliphatic imine (C=N–C) groups is 1. The summed E-state index contributed by atoms with van der Waals surface area (Å²) in [5.41, 5.74) is 1.08. The Morgan fingerprint density at radius 1 is 1.25 bits per heavy atom. The van der Waals surface area contributed by atoms with Crippen LogP contribution in [0.25, 0.3) is 0 Å². The summed E-state index contributed by atoms with van der Waals surface area (Å²) < 4.78 is 6.56. The molecule has 0 radical (unpaired) electrons. The first-order valence-corrected chi connectivity index (χ1v) is 4.87. The van der Waals surface area contributed by atoms with Gasteiger partial charge in [-0.1, -0.05) is 0 Å². The molecule has 0 bridgehead atoms. The highest BCUT2D eigenvalue weighted by Gasteiger charge is 2.08. The zero-order chi connectivity index (χ0) is 8.39. The topological polar surface area (TPSA) is 21.6 Å². The fourth-order valence-electron chi connectivity index (χ4n) is 1.10. The third kappa shape index (κ3) is 1.60. The fourth-order valence-corrected chi connectivity index (χ4v) is 1.46. The van der Waals surface area contributed by atoms with Gasteiger partial charge in [0.2, 0.25) is 5.90 Å². The minimum Gasteiger partial charge on any atom is -0.476 e. The van der Waals surface area contributed by atoms with Gasteiger partial charge in [-0.05, 0) is 46.9 Å². The molecule has 1 aromatic carbocycles. The van der Waals surface area contributed by atoms with Crippen molar-refractivity contribution < 1.29 is 4.74 Å². The van der Waals surface area contributed by atoms with Gasteiger partial charge in [-0.3, -0.25) is 0 Å². The molecular formula is C9H8INO. The SMILES string of the molecule is Ic1ccc(C2=NCCO2)cc1. The number of ether oxygens (including phenoxy) is 1. The van der Waals surface area contributed by atoms with Crippen LogP contribution < -0.4 is 0 Å². The van der Waals surface area contributed by atoms with E-state index in [9.17, 15) is 0 Å². The summed E-state index contributed by atoms with van der Waals surface area (Å²) in [4.78, 5) is 4.23. The Labute approximate surface area is 84.8 Å². The van der Waals surface area contributed by atoms with Crippen molar-refractivity contribution in [2.24, 2.45) is 4.99 Å². The van der Waals surface area contributed by atoms with Crippen molar-refractivity contribution in [3.05, 3.63) is 33.4 Å². The summed E-state index contributed by atoms with van der Waals surface area (Å²) in [6.45, 7) is 1.52. The molecule has 0 saturated carbocycles. The summed E-state index contributed by atoms with van der Waals surface area (Å²) in [7, 11) is 0. The monoisotopic (exact) mass is 273 g/mol. The van der Waals surface area contributed by atoms with E-state index in [1.165, 1.54) is 3.57 Å². The lowest BCUT2D eigenvalue weighted by molar-refractivity contribution is 0.348. The van der Waals surface area contributed by atoms with Crippen LogP contribution >= 0.6 is 22.6 Å². The van der Waals surface area contributed by atoms with Crippen LogP contribution in [0.15, 0.2) is 29.3 Å². The second-order valence-corrected chi connectivity index (χ2v) is 3.79. The lowest BCUT2D eigenvalue weighted by Gasteiger charge is -2.00. The summed E-state index contributed by atoms with van der Waals surface area (Å²) in [6, 6.07) is 8.18. The summed E-state index contributed by atoms with van der Waals surface area (Å²) >= 11 is 2.28. The smallest absolute Gasteiger partial charge is 0.216 e. The van der Waals surface area contributed by atoms with Crippen LogP contribution in [0.5, 0.6) is 0 Å². The predicted molar refractivity (Wildman–Crippen MR) is 56.5 cm³/mol.